The van der Waals surface area contributed by atoms with Gasteiger partial charge in [0.2, 0.25) is 0 Å². The average Bonchev–Trinajstić information content (AvgIpc) is 2.51. The lowest BCUT2D eigenvalue weighted by Gasteiger charge is -2.24. The molecule has 1 fully saturated rings. The van der Waals surface area contributed by atoms with Gasteiger partial charge in [-0.2, -0.15) is 0 Å². The molecular formula is C16H28N4O. The number of aliphatic hydroxyl groups excluding tert-OH is 1. The van der Waals surface area contributed by atoms with Crippen LogP contribution in [-0.2, 0) is 13.2 Å². The molecule has 1 saturated heterocycles. The Morgan fingerprint density at radius 3 is 1.76 bits per heavy atom. The van der Waals surface area contributed by atoms with E-state index in [0.29, 0.717) is 0 Å². The van der Waals surface area contributed by atoms with Crippen molar-refractivity contribution >= 4 is 0 Å². The Labute approximate surface area is 127 Å². The third-order valence-corrected chi connectivity index (χ3v) is 3.78. The van der Waals surface area contributed by atoms with Crippen molar-refractivity contribution < 1.29 is 5.11 Å². The molecule has 1 heterocycles. The quantitative estimate of drug-likeness (QED) is 0.620. The zero-order valence-electron chi connectivity index (χ0n) is 12.8. The van der Waals surface area contributed by atoms with Crippen LogP contribution < -0.4 is 16.0 Å². The molecule has 0 aliphatic carbocycles. The molecule has 0 amide bonds. The maximum Gasteiger partial charge on any atom is 0.0681 e. The molecule has 4 N–H and O–H groups in total. The maximum atomic E-state index is 9.09. The highest BCUT2D eigenvalue weighted by atomic mass is 16.3. The van der Waals surface area contributed by atoms with E-state index in [2.05, 4.69) is 33.0 Å². The van der Waals surface area contributed by atoms with Gasteiger partial charge in [-0.1, -0.05) is 24.3 Å². The van der Waals surface area contributed by atoms with Gasteiger partial charge in [0, 0.05) is 58.9 Å². The van der Waals surface area contributed by atoms with Gasteiger partial charge in [0.05, 0.1) is 6.61 Å². The summed E-state index contributed by atoms with van der Waals surface area (Å²) in [4.78, 5) is 2.48. The van der Waals surface area contributed by atoms with Gasteiger partial charge in [0.1, 0.15) is 0 Å². The van der Waals surface area contributed by atoms with Gasteiger partial charge in [0.15, 0.2) is 0 Å². The van der Waals surface area contributed by atoms with Gasteiger partial charge in [-0.05, 0) is 11.1 Å². The second-order valence-electron chi connectivity index (χ2n) is 5.50. The predicted octanol–water partition coefficient (Wildman–Crippen LogP) is -0.237. The maximum absolute atomic E-state index is 9.09. The van der Waals surface area contributed by atoms with Gasteiger partial charge in [-0.3, -0.25) is 4.90 Å². The van der Waals surface area contributed by atoms with E-state index in [0.717, 1.165) is 64.5 Å². The summed E-state index contributed by atoms with van der Waals surface area (Å²) in [5, 5.41) is 19.5. The summed E-state index contributed by atoms with van der Waals surface area (Å²) < 4.78 is 0. The van der Waals surface area contributed by atoms with Crippen molar-refractivity contribution in [2.75, 3.05) is 52.4 Å². The summed E-state index contributed by atoms with van der Waals surface area (Å²) in [5.74, 6) is 0. The number of hydrogen-bond donors (Lipinski definition) is 4. The van der Waals surface area contributed by atoms with Crippen LogP contribution in [0.2, 0.25) is 0 Å². The van der Waals surface area contributed by atoms with Crippen LogP contribution in [0.4, 0.5) is 0 Å². The summed E-state index contributed by atoms with van der Waals surface area (Å²) >= 11 is 0. The standard InChI is InChI=1S/C16H28N4O/c21-14-16-3-1-15(2-4-16)13-20-11-9-18-7-5-17-6-8-19-10-12-20/h1-4,17-19,21H,5-14H2. The van der Waals surface area contributed by atoms with Crippen molar-refractivity contribution in [2.45, 2.75) is 13.2 Å². The van der Waals surface area contributed by atoms with Crippen LogP contribution in [-0.4, -0.2) is 62.4 Å². The highest BCUT2D eigenvalue weighted by molar-refractivity contribution is 5.21. The molecule has 1 aliphatic heterocycles. The largest absolute Gasteiger partial charge is 0.392 e. The van der Waals surface area contributed by atoms with Crippen LogP contribution in [0.5, 0.6) is 0 Å². The number of rotatable bonds is 3. The molecule has 0 atom stereocenters. The predicted molar refractivity (Wildman–Crippen MR) is 86.3 cm³/mol. The molecule has 5 heteroatoms. The molecule has 1 aliphatic rings. The lowest BCUT2D eigenvalue weighted by atomic mass is 10.1. The minimum Gasteiger partial charge on any atom is -0.392 e. The first kappa shape index (κ1) is 16.4. The minimum absolute atomic E-state index is 0.117. The molecule has 118 valence electrons. The van der Waals surface area contributed by atoms with Gasteiger partial charge in [-0.15, -0.1) is 0 Å². The van der Waals surface area contributed by atoms with Crippen molar-refractivity contribution in [3.05, 3.63) is 35.4 Å². The summed E-state index contributed by atoms with van der Waals surface area (Å²) in [6, 6.07) is 8.25. The first-order valence-electron chi connectivity index (χ1n) is 7.91. The normalized spacial score (nSPS) is 19.7. The second-order valence-corrected chi connectivity index (χ2v) is 5.50. The molecular weight excluding hydrogens is 264 g/mol. The van der Waals surface area contributed by atoms with Crippen LogP contribution in [0.3, 0.4) is 0 Å². The Morgan fingerprint density at radius 2 is 1.24 bits per heavy atom. The molecule has 0 radical (unpaired) electrons. The third-order valence-electron chi connectivity index (χ3n) is 3.78. The van der Waals surface area contributed by atoms with E-state index in [4.69, 9.17) is 5.11 Å². The number of nitrogens with one attached hydrogen (secondary N) is 3. The molecule has 0 spiro atoms. The van der Waals surface area contributed by atoms with E-state index in [1.165, 1.54) is 5.56 Å². The summed E-state index contributed by atoms with van der Waals surface area (Å²) in [7, 11) is 0. The fourth-order valence-corrected chi connectivity index (χ4v) is 2.48. The van der Waals surface area contributed by atoms with Gasteiger partial charge < -0.3 is 21.1 Å². The Kier molecular flexibility index (Phi) is 7.70. The summed E-state index contributed by atoms with van der Waals surface area (Å²) in [6.45, 7) is 9.37. The van der Waals surface area contributed by atoms with Crippen molar-refractivity contribution in [1.29, 1.82) is 0 Å². The molecule has 5 nitrogen and oxygen atoms in total. The van der Waals surface area contributed by atoms with Crippen LogP contribution in [0.15, 0.2) is 24.3 Å². The molecule has 0 saturated carbocycles. The molecule has 0 aromatic heterocycles. The van der Waals surface area contributed by atoms with Crippen LogP contribution in [0.1, 0.15) is 11.1 Å². The van der Waals surface area contributed by atoms with E-state index < -0.39 is 0 Å². The summed E-state index contributed by atoms with van der Waals surface area (Å²) in [5.41, 5.74) is 2.28. The molecule has 0 unspecified atom stereocenters. The lowest BCUT2D eigenvalue weighted by molar-refractivity contribution is 0.263. The number of benzene rings is 1. The Bertz CT molecular complexity index is 370. The topological polar surface area (TPSA) is 59.6 Å². The Morgan fingerprint density at radius 1 is 0.762 bits per heavy atom. The fraction of sp³-hybridized carbons (Fsp3) is 0.625. The van der Waals surface area contributed by atoms with Gasteiger partial charge in [0.25, 0.3) is 0 Å². The van der Waals surface area contributed by atoms with Gasteiger partial charge >= 0.3 is 0 Å². The summed E-state index contributed by atoms with van der Waals surface area (Å²) in [6.07, 6.45) is 0. The van der Waals surface area contributed by atoms with E-state index >= 15 is 0 Å². The Balaban J connectivity index is 1.84. The monoisotopic (exact) mass is 292 g/mol. The van der Waals surface area contributed by atoms with Crippen LogP contribution >= 0.6 is 0 Å². The molecule has 2 rings (SSSR count). The van der Waals surface area contributed by atoms with E-state index in [1.807, 2.05) is 12.1 Å². The van der Waals surface area contributed by atoms with Crippen molar-refractivity contribution in [3.8, 4) is 0 Å². The molecule has 1 aromatic carbocycles. The van der Waals surface area contributed by atoms with Crippen LogP contribution in [0.25, 0.3) is 0 Å². The lowest BCUT2D eigenvalue weighted by Crippen LogP contribution is -2.41. The Hall–Kier alpha value is -0.980. The highest BCUT2D eigenvalue weighted by Crippen LogP contribution is 2.07. The van der Waals surface area contributed by atoms with Crippen LogP contribution in [0, 0.1) is 0 Å². The number of hydrogen-bond acceptors (Lipinski definition) is 5. The molecule has 0 bridgehead atoms. The molecule has 1 aromatic rings. The van der Waals surface area contributed by atoms with Crippen molar-refractivity contribution in [1.82, 2.24) is 20.9 Å². The highest BCUT2D eigenvalue weighted by Gasteiger charge is 2.06. The van der Waals surface area contributed by atoms with E-state index in [9.17, 15) is 0 Å². The minimum atomic E-state index is 0.117. The number of nitrogens with zero attached hydrogens (tertiary/aromatic N) is 1. The number of aliphatic hydroxyl groups is 1. The SMILES string of the molecule is OCc1ccc(CN2CCNCCNCCNCC2)cc1. The molecule has 21 heavy (non-hydrogen) atoms. The van der Waals surface area contributed by atoms with E-state index in [-0.39, 0.29) is 6.61 Å². The zero-order valence-corrected chi connectivity index (χ0v) is 12.8. The first-order chi connectivity index (χ1) is 10.4. The fourth-order valence-electron chi connectivity index (χ4n) is 2.48. The second kappa shape index (κ2) is 9.87. The smallest absolute Gasteiger partial charge is 0.0681 e. The van der Waals surface area contributed by atoms with Gasteiger partial charge in [-0.25, -0.2) is 0 Å². The van der Waals surface area contributed by atoms with E-state index in [1.54, 1.807) is 0 Å². The zero-order chi connectivity index (χ0) is 14.8. The van der Waals surface area contributed by atoms with Crippen molar-refractivity contribution in [3.63, 3.8) is 0 Å². The third kappa shape index (κ3) is 6.54. The average molecular weight is 292 g/mol. The first-order valence-corrected chi connectivity index (χ1v) is 7.91. The van der Waals surface area contributed by atoms with Crippen molar-refractivity contribution in [2.24, 2.45) is 0 Å².